The molecule has 2 aliphatic heterocycles. The molecular weight excluding hydrogens is 343 g/mol. The number of amides is 2. The van der Waals surface area contributed by atoms with Gasteiger partial charge >= 0.3 is 0 Å². The number of likely N-dealkylation sites (tertiary alicyclic amines) is 1. The Bertz CT molecular complexity index is 867. The van der Waals surface area contributed by atoms with E-state index in [0.29, 0.717) is 25.1 Å². The minimum Gasteiger partial charge on any atom is -0.332 e. The van der Waals surface area contributed by atoms with Crippen molar-refractivity contribution in [2.75, 3.05) is 18.0 Å². The molecule has 2 aliphatic rings. The quantitative estimate of drug-likeness (QED) is 0.812. The first-order chi connectivity index (χ1) is 13.1. The second kappa shape index (κ2) is 7.51. The minimum atomic E-state index is -0.278. The molecule has 2 aromatic carbocycles. The number of benzene rings is 2. The van der Waals surface area contributed by atoms with Crippen molar-refractivity contribution >= 4 is 17.5 Å². The SMILES string of the molecule is O=C1CCCN1c1cccc(C(=O)N2CCCCC2c2cccc(F)c2)c1. The first kappa shape index (κ1) is 17.7. The van der Waals surface area contributed by atoms with Gasteiger partial charge in [0.25, 0.3) is 5.91 Å². The van der Waals surface area contributed by atoms with Gasteiger partial charge in [-0.3, -0.25) is 9.59 Å². The van der Waals surface area contributed by atoms with Crippen LogP contribution in [0.1, 0.15) is 54.1 Å². The summed E-state index contributed by atoms with van der Waals surface area (Å²) in [5.41, 5.74) is 2.20. The van der Waals surface area contributed by atoms with Crippen molar-refractivity contribution in [2.24, 2.45) is 0 Å². The monoisotopic (exact) mass is 366 g/mol. The molecule has 0 N–H and O–H groups in total. The molecule has 2 aromatic rings. The fourth-order valence-corrected chi connectivity index (χ4v) is 4.13. The lowest BCUT2D eigenvalue weighted by Gasteiger charge is -2.36. The van der Waals surface area contributed by atoms with Crippen molar-refractivity contribution in [3.05, 3.63) is 65.5 Å². The topological polar surface area (TPSA) is 40.6 Å². The zero-order valence-corrected chi connectivity index (χ0v) is 15.2. The molecular formula is C22H23FN2O2. The van der Waals surface area contributed by atoms with Crippen molar-refractivity contribution in [2.45, 2.75) is 38.1 Å². The average molecular weight is 366 g/mol. The van der Waals surface area contributed by atoms with Crippen LogP contribution in [0.4, 0.5) is 10.1 Å². The first-order valence-electron chi connectivity index (χ1n) is 9.60. The summed E-state index contributed by atoms with van der Waals surface area (Å²) in [6, 6.07) is 13.7. The molecule has 0 aromatic heterocycles. The summed E-state index contributed by atoms with van der Waals surface area (Å²) in [4.78, 5) is 28.9. The molecule has 0 radical (unpaired) electrons. The molecule has 4 nitrogen and oxygen atoms in total. The fourth-order valence-electron chi connectivity index (χ4n) is 4.13. The van der Waals surface area contributed by atoms with Crippen molar-refractivity contribution in [3.8, 4) is 0 Å². The molecule has 2 amide bonds. The van der Waals surface area contributed by atoms with Crippen LogP contribution in [0.5, 0.6) is 0 Å². The number of carbonyl (C=O) groups excluding carboxylic acids is 2. The summed E-state index contributed by atoms with van der Waals surface area (Å²) >= 11 is 0. The van der Waals surface area contributed by atoms with E-state index in [4.69, 9.17) is 0 Å². The maximum absolute atomic E-state index is 13.7. The van der Waals surface area contributed by atoms with Crippen molar-refractivity contribution in [1.82, 2.24) is 4.90 Å². The average Bonchev–Trinajstić information content (AvgIpc) is 3.13. The van der Waals surface area contributed by atoms with Gasteiger partial charge in [0.2, 0.25) is 5.91 Å². The van der Waals surface area contributed by atoms with Gasteiger partial charge < -0.3 is 9.80 Å². The van der Waals surface area contributed by atoms with E-state index in [1.54, 1.807) is 17.0 Å². The van der Waals surface area contributed by atoms with Crippen molar-refractivity contribution in [1.29, 1.82) is 0 Å². The highest BCUT2D eigenvalue weighted by Crippen LogP contribution is 2.33. The Kier molecular flexibility index (Phi) is 4.92. The third-order valence-electron chi connectivity index (χ3n) is 5.48. The first-order valence-corrected chi connectivity index (χ1v) is 9.60. The molecule has 0 bridgehead atoms. The molecule has 4 rings (SSSR count). The Morgan fingerprint density at radius 1 is 1.00 bits per heavy atom. The zero-order valence-electron chi connectivity index (χ0n) is 15.2. The second-order valence-corrected chi connectivity index (χ2v) is 7.26. The summed E-state index contributed by atoms with van der Waals surface area (Å²) in [7, 11) is 0. The molecule has 27 heavy (non-hydrogen) atoms. The Morgan fingerprint density at radius 3 is 2.63 bits per heavy atom. The molecule has 2 fully saturated rings. The van der Waals surface area contributed by atoms with E-state index in [-0.39, 0.29) is 23.7 Å². The number of rotatable bonds is 3. The van der Waals surface area contributed by atoms with Gasteiger partial charge in [-0.2, -0.15) is 0 Å². The lowest BCUT2D eigenvalue weighted by atomic mass is 9.94. The van der Waals surface area contributed by atoms with E-state index in [2.05, 4.69) is 0 Å². The number of hydrogen-bond donors (Lipinski definition) is 0. The van der Waals surface area contributed by atoms with Crippen LogP contribution in [0.15, 0.2) is 48.5 Å². The Balaban J connectivity index is 1.61. The molecule has 140 valence electrons. The molecule has 0 spiro atoms. The largest absolute Gasteiger partial charge is 0.332 e. The number of anilines is 1. The fraction of sp³-hybridized carbons (Fsp3) is 0.364. The highest BCUT2D eigenvalue weighted by Gasteiger charge is 2.29. The summed E-state index contributed by atoms with van der Waals surface area (Å²) in [5.74, 6) is -0.229. The number of hydrogen-bond acceptors (Lipinski definition) is 2. The lowest BCUT2D eigenvalue weighted by molar-refractivity contribution is -0.117. The third kappa shape index (κ3) is 3.59. The van der Waals surface area contributed by atoms with Crippen LogP contribution in [-0.4, -0.2) is 29.8 Å². The van der Waals surface area contributed by atoms with Crippen LogP contribution in [0, 0.1) is 5.82 Å². The van der Waals surface area contributed by atoms with Gasteiger partial charge in [-0.25, -0.2) is 4.39 Å². The van der Waals surface area contributed by atoms with E-state index in [0.717, 1.165) is 36.9 Å². The van der Waals surface area contributed by atoms with E-state index in [1.807, 2.05) is 29.2 Å². The Hall–Kier alpha value is -2.69. The molecule has 1 unspecified atom stereocenters. The summed E-state index contributed by atoms with van der Waals surface area (Å²) < 4.78 is 13.7. The molecule has 0 aliphatic carbocycles. The van der Waals surface area contributed by atoms with Gasteiger partial charge in [0.05, 0.1) is 6.04 Å². The lowest BCUT2D eigenvalue weighted by Crippen LogP contribution is -2.38. The van der Waals surface area contributed by atoms with Crippen LogP contribution in [-0.2, 0) is 4.79 Å². The predicted octanol–water partition coefficient (Wildman–Crippen LogP) is 4.32. The third-order valence-corrected chi connectivity index (χ3v) is 5.48. The molecule has 0 saturated carbocycles. The smallest absolute Gasteiger partial charge is 0.254 e. The predicted molar refractivity (Wildman–Crippen MR) is 102 cm³/mol. The van der Waals surface area contributed by atoms with Crippen LogP contribution >= 0.6 is 0 Å². The molecule has 1 atom stereocenters. The van der Waals surface area contributed by atoms with Crippen molar-refractivity contribution < 1.29 is 14.0 Å². The van der Waals surface area contributed by atoms with Crippen LogP contribution < -0.4 is 4.90 Å². The van der Waals surface area contributed by atoms with E-state index in [9.17, 15) is 14.0 Å². The number of carbonyl (C=O) groups is 2. The normalized spacial score (nSPS) is 20.2. The van der Waals surface area contributed by atoms with Crippen LogP contribution in [0.2, 0.25) is 0 Å². The number of piperidine rings is 1. The second-order valence-electron chi connectivity index (χ2n) is 7.26. The highest BCUT2D eigenvalue weighted by atomic mass is 19.1. The van der Waals surface area contributed by atoms with Gasteiger partial charge in [0, 0.05) is 30.8 Å². The van der Waals surface area contributed by atoms with Gasteiger partial charge in [-0.1, -0.05) is 18.2 Å². The number of nitrogens with zero attached hydrogens (tertiary/aromatic N) is 2. The highest BCUT2D eigenvalue weighted by molar-refractivity contribution is 5.99. The van der Waals surface area contributed by atoms with E-state index >= 15 is 0 Å². The molecule has 5 heteroatoms. The van der Waals surface area contributed by atoms with Gasteiger partial charge in [0.15, 0.2) is 0 Å². The van der Waals surface area contributed by atoms with Gasteiger partial charge in [-0.05, 0) is 61.6 Å². The van der Waals surface area contributed by atoms with Crippen LogP contribution in [0.3, 0.4) is 0 Å². The maximum atomic E-state index is 13.7. The Labute approximate surface area is 158 Å². The van der Waals surface area contributed by atoms with Gasteiger partial charge in [0.1, 0.15) is 5.82 Å². The van der Waals surface area contributed by atoms with Gasteiger partial charge in [-0.15, -0.1) is 0 Å². The van der Waals surface area contributed by atoms with Crippen molar-refractivity contribution in [3.63, 3.8) is 0 Å². The molecule has 2 saturated heterocycles. The summed E-state index contributed by atoms with van der Waals surface area (Å²) in [6.45, 7) is 1.36. The van der Waals surface area contributed by atoms with Crippen LogP contribution in [0.25, 0.3) is 0 Å². The zero-order chi connectivity index (χ0) is 18.8. The minimum absolute atomic E-state index is 0.0579. The molecule has 2 heterocycles. The maximum Gasteiger partial charge on any atom is 0.254 e. The Morgan fingerprint density at radius 2 is 1.85 bits per heavy atom. The van der Waals surface area contributed by atoms with E-state index < -0.39 is 0 Å². The van der Waals surface area contributed by atoms with E-state index in [1.165, 1.54) is 12.1 Å². The number of halogens is 1. The summed E-state index contributed by atoms with van der Waals surface area (Å²) in [5, 5.41) is 0. The summed E-state index contributed by atoms with van der Waals surface area (Å²) in [6.07, 6.45) is 4.21. The standard InChI is InChI=1S/C22H23FN2O2/c23-18-8-3-6-16(14-18)20-10-1-2-12-25(20)22(27)17-7-4-9-19(15-17)24-13-5-11-21(24)26/h3-4,6-9,14-15,20H,1-2,5,10-13H2.